The highest BCUT2D eigenvalue weighted by atomic mass is 15.2. The van der Waals surface area contributed by atoms with Crippen LogP contribution >= 0.6 is 0 Å². The molecule has 0 radical (unpaired) electrons. The summed E-state index contributed by atoms with van der Waals surface area (Å²) >= 11 is 0. The average Bonchev–Trinajstić information content (AvgIpc) is 2.94. The van der Waals surface area contributed by atoms with E-state index in [9.17, 15) is 0 Å². The fourth-order valence-electron chi connectivity index (χ4n) is 3.94. The molecule has 1 N–H and O–H groups in total. The van der Waals surface area contributed by atoms with E-state index in [1.54, 1.807) is 0 Å². The van der Waals surface area contributed by atoms with Crippen LogP contribution in [0.5, 0.6) is 0 Å². The number of hydrogen-bond donors (Lipinski definition) is 1. The van der Waals surface area contributed by atoms with Gasteiger partial charge in [-0.1, -0.05) is 43.2 Å². The molecule has 1 aliphatic heterocycles. The van der Waals surface area contributed by atoms with Crippen LogP contribution in [0.2, 0.25) is 0 Å². The minimum absolute atomic E-state index is 0.393. The lowest BCUT2D eigenvalue weighted by Crippen LogP contribution is -2.59. The molecule has 0 amide bonds. The van der Waals surface area contributed by atoms with Crippen LogP contribution in [0.4, 0.5) is 5.69 Å². The quantitative estimate of drug-likeness (QED) is 0.849. The third-order valence-electron chi connectivity index (χ3n) is 5.03. The zero-order chi connectivity index (χ0) is 13.4. The normalized spacial score (nSPS) is 21.7. The van der Waals surface area contributed by atoms with Crippen LogP contribution in [0.1, 0.15) is 25.7 Å². The van der Waals surface area contributed by atoms with Crippen molar-refractivity contribution in [2.75, 3.05) is 24.5 Å². The van der Waals surface area contributed by atoms with Gasteiger partial charge in [-0.3, -0.25) is 0 Å². The summed E-state index contributed by atoms with van der Waals surface area (Å²) in [5, 5.41) is 6.48. The fraction of sp³-hybridized carbons (Fsp3) is 0.444. The molecule has 1 heterocycles. The third-order valence-corrected chi connectivity index (χ3v) is 5.03. The van der Waals surface area contributed by atoms with Gasteiger partial charge in [0, 0.05) is 30.9 Å². The topological polar surface area (TPSA) is 15.3 Å². The van der Waals surface area contributed by atoms with E-state index < -0.39 is 0 Å². The third kappa shape index (κ3) is 2.08. The first kappa shape index (κ1) is 12.2. The predicted molar refractivity (Wildman–Crippen MR) is 85.4 cm³/mol. The molecular formula is C18H22N2. The summed E-state index contributed by atoms with van der Waals surface area (Å²) in [7, 11) is 0. The molecule has 4 rings (SSSR count). The van der Waals surface area contributed by atoms with Crippen LogP contribution in [-0.4, -0.2) is 25.2 Å². The van der Waals surface area contributed by atoms with Crippen molar-refractivity contribution < 1.29 is 0 Å². The van der Waals surface area contributed by atoms with E-state index in [0.29, 0.717) is 5.54 Å². The Labute approximate surface area is 120 Å². The molecule has 1 saturated carbocycles. The van der Waals surface area contributed by atoms with E-state index in [1.165, 1.54) is 48.7 Å². The molecule has 1 aliphatic carbocycles. The standard InChI is InChI=1S/C18H22N2/c1-2-6-16-13-17(8-7-15(16)5-1)20-12-11-19-18(14-20)9-3-4-10-18/h1-2,5-8,13,19H,3-4,9-12,14H2. The Morgan fingerprint density at radius 3 is 2.60 bits per heavy atom. The van der Waals surface area contributed by atoms with Crippen molar-refractivity contribution in [1.82, 2.24) is 5.32 Å². The molecule has 2 aromatic rings. The molecule has 2 heteroatoms. The maximum absolute atomic E-state index is 3.79. The average molecular weight is 266 g/mol. The molecule has 0 atom stereocenters. The summed E-state index contributed by atoms with van der Waals surface area (Å²) in [6, 6.07) is 15.5. The number of fused-ring (bicyclic) bond motifs is 1. The molecule has 2 fully saturated rings. The van der Waals surface area contributed by atoms with Gasteiger partial charge in [-0.15, -0.1) is 0 Å². The van der Waals surface area contributed by atoms with Crippen LogP contribution in [0.3, 0.4) is 0 Å². The van der Waals surface area contributed by atoms with Gasteiger partial charge in [0.2, 0.25) is 0 Å². The van der Waals surface area contributed by atoms with E-state index in [0.717, 1.165) is 13.1 Å². The highest BCUT2D eigenvalue weighted by molar-refractivity contribution is 5.85. The summed E-state index contributed by atoms with van der Waals surface area (Å²) in [5.41, 5.74) is 1.78. The van der Waals surface area contributed by atoms with Crippen molar-refractivity contribution in [2.45, 2.75) is 31.2 Å². The van der Waals surface area contributed by atoms with Crippen LogP contribution in [0.25, 0.3) is 10.8 Å². The Bertz CT molecular complexity index is 614. The molecular weight excluding hydrogens is 244 g/mol. The molecule has 0 aromatic heterocycles. The highest BCUT2D eigenvalue weighted by Gasteiger charge is 2.37. The summed E-state index contributed by atoms with van der Waals surface area (Å²) in [4.78, 5) is 2.58. The van der Waals surface area contributed by atoms with E-state index >= 15 is 0 Å². The number of piperazine rings is 1. The van der Waals surface area contributed by atoms with E-state index in [1.807, 2.05) is 0 Å². The number of rotatable bonds is 1. The molecule has 1 spiro atoms. The number of hydrogen-bond acceptors (Lipinski definition) is 2. The second-order valence-corrected chi connectivity index (χ2v) is 6.37. The van der Waals surface area contributed by atoms with Crippen LogP contribution in [0.15, 0.2) is 42.5 Å². The Hall–Kier alpha value is -1.54. The van der Waals surface area contributed by atoms with Crippen LogP contribution < -0.4 is 10.2 Å². The molecule has 2 aliphatic rings. The molecule has 0 bridgehead atoms. The summed E-state index contributed by atoms with van der Waals surface area (Å²) in [6.07, 6.45) is 5.46. The van der Waals surface area contributed by atoms with Gasteiger partial charge in [0.25, 0.3) is 0 Å². The zero-order valence-electron chi connectivity index (χ0n) is 11.9. The number of benzene rings is 2. The van der Waals surface area contributed by atoms with E-state index in [4.69, 9.17) is 0 Å². The van der Waals surface area contributed by atoms with Crippen molar-refractivity contribution >= 4 is 16.5 Å². The monoisotopic (exact) mass is 266 g/mol. The van der Waals surface area contributed by atoms with Gasteiger partial charge in [0.1, 0.15) is 0 Å². The van der Waals surface area contributed by atoms with Crippen molar-refractivity contribution in [3.63, 3.8) is 0 Å². The van der Waals surface area contributed by atoms with Gasteiger partial charge in [0.15, 0.2) is 0 Å². The number of anilines is 1. The first-order valence-electron chi connectivity index (χ1n) is 7.84. The molecule has 1 saturated heterocycles. The first-order chi connectivity index (χ1) is 9.85. The fourth-order valence-corrected chi connectivity index (χ4v) is 3.94. The summed E-state index contributed by atoms with van der Waals surface area (Å²) < 4.78 is 0. The van der Waals surface area contributed by atoms with Gasteiger partial charge in [-0.25, -0.2) is 0 Å². The van der Waals surface area contributed by atoms with Gasteiger partial charge >= 0.3 is 0 Å². The maximum Gasteiger partial charge on any atom is 0.0373 e. The zero-order valence-corrected chi connectivity index (χ0v) is 11.9. The Morgan fingerprint density at radius 2 is 1.75 bits per heavy atom. The molecule has 0 unspecified atom stereocenters. The minimum Gasteiger partial charge on any atom is -0.368 e. The molecule has 104 valence electrons. The molecule has 2 nitrogen and oxygen atoms in total. The highest BCUT2D eigenvalue weighted by Crippen LogP contribution is 2.34. The Kier molecular flexibility index (Phi) is 2.92. The van der Waals surface area contributed by atoms with Crippen molar-refractivity contribution in [1.29, 1.82) is 0 Å². The second kappa shape index (κ2) is 4.78. The Balaban J connectivity index is 1.64. The Morgan fingerprint density at radius 1 is 0.950 bits per heavy atom. The predicted octanol–water partition coefficient (Wildman–Crippen LogP) is 3.56. The number of nitrogens with zero attached hydrogens (tertiary/aromatic N) is 1. The van der Waals surface area contributed by atoms with Gasteiger partial charge in [0.05, 0.1) is 0 Å². The van der Waals surface area contributed by atoms with Crippen molar-refractivity contribution in [2.24, 2.45) is 0 Å². The van der Waals surface area contributed by atoms with E-state index in [-0.39, 0.29) is 0 Å². The summed E-state index contributed by atoms with van der Waals surface area (Å²) in [5.74, 6) is 0. The SMILES string of the molecule is c1ccc2cc(N3CCNC4(CCCC4)C3)ccc2c1. The summed E-state index contributed by atoms with van der Waals surface area (Å²) in [6.45, 7) is 3.41. The molecule has 2 aromatic carbocycles. The lowest BCUT2D eigenvalue weighted by atomic mass is 9.94. The van der Waals surface area contributed by atoms with E-state index in [2.05, 4.69) is 52.7 Å². The largest absolute Gasteiger partial charge is 0.368 e. The van der Waals surface area contributed by atoms with Crippen LogP contribution in [0, 0.1) is 0 Å². The van der Waals surface area contributed by atoms with Crippen molar-refractivity contribution in [3.05, 3.63) is 42.5 Å². The maximum atomic E-state index is 3.79. The lowest BCUT2D eigenvalue weighted by molar-refractivity contribution is 0.304. The number of nitrogens with one attached hydrogen (secondary N) is 1. The smallest absolute Gasteiger partial charge is 0.0373 e. The minimum atomic E-state index is 0.393. The lowest BCUT2D eigenvalue weighted by Gasteiger charge is -2.42. The van der Waals surface area contributed by atoms with Gasteiger partial charge in [-0.05, 0) is 35.7 Å². The van der Waals surface area contributed by atoms with Crippen molar-refractivity contribution in [3.8, 4) is 0 Å². The van der Waals surface area contributed by atoms with Gasteiger partial charge < -0.3 is 10.2 Å². The first-order valence-corrected chi connectivity index (χ1v) is 7.84. The molecule has 20 heavy (non-hydrogen) atoms. The second-order valence-electron chi connectivity index (χ2n) is 6.37. The van der Waals surface area contributed by atoms with Gasteiger partial charge in [-0.2, -0.15) is 0 Å². The van der Waals surface area contributed by atoms with Crippen LogP contribution in [-0.2, 0) is 0 Å².